The minimum atomic E-state index is -0.206. The van der Waals surface area contributed by atoms with Crippen LogP contribution in [-0.4, -0.2) is 35.8 Å². The molecule has 2 heterocycles. The lowest BCUT2D eigenvalue weighted by atomic mass is 9.79. The third-order valence-electron chi connectivity index (χ3n) is 4.79. The minimum Gasteiger partial charge on any atom is -0.338 e. The van der Waals surface area contributed by atoms with Gasteiger partial charge < -0.3 is 16.0 Å². The van der Waals surface area contributed by atoms with E-state index in [1.807, 2.05) is 22.4 Å². The van der Waals surface area contributed by atoms with Crippen molar-refractivity contribution in [2.45, 2.75) is 26.3 Å². The molecule has 2 amide bonds. The number of likely N-dealkylation sites (tertiary alicyclic amines) is 1. The number of hydrogen-bond acceptors (Lipinski definition) is 4. The number of rotatable bonds is 3. The predicted molar refractivity (Wildman–Crippen MR) is 108 cm³/mol. The summed E-state index contributed by atoms with van der Waals surface area (Å²) in [4.78, 5) is 27.2. The van der Waals surface area contributed by atoms with Gasteiger partial charge >= 0.3 is 0 Å². The second-order valence-corrected chi connectivity index (χ2v) is 7.90. The summed E-state index contributed by atoms with van der Waals surface area (Å²) in [6.45, 7) is 5.42. The van der Waals surface area contributed by atoms with Crippen LogP contribution in [0, 0.1) is 5.41 Å². The molecule has 3 N–H and O–H groups in total. The summed E-state index contributed by atoms with van der Waals surface area (Å²) in [7, 11) is 0. The molecule has 0 radical (unpaired) electrons. The SMILES string of the molecule is CC1(C)CN(C(=O)c2ccccc2NC(=O)c2ccsc2)CCC1N.Cl. The average Bonchev–Trinajstić information content (AvgIpc) is 3.12. The smallest absolute Gasteiger partial charge is 0.256 e. The van der Waals surface area contributed by atoms with Gasteiger partial charge in [0.25, 0.3) is 11.8 Å². The van der Waals surface area contributed by atoms with Crippen LogP contribution in [0.25, 0.3) is 0 Å². The molecule has 1 fully saturated rings. The topological polar surface area (TPSA) is 75.4 Å². The number of hydrogen-bond donors (Lipinski definition) is 2. The zero-order valence-electron chi connectivity index (χ0n) is 14.9. The lowest BCUT2D eigenvalue weighted by Gasteiger charge is -2.42. The number of anilines is 1. The molecule has 1 atom stereocenters. The van der Waals surface area contributed by atoms with Gasteiger partial charge in [0.2, 0.25) is 0 Å². The van der Waals surface area contributed by atoms with Gasteiger partial charge in [-0.3, -0.25) is 9.59 Å². The zero-order chi connectivity index (χ0) is 18.0. The Morgan fingerprint density at radius 3 is 2.65 bits per heavy atom. The third kappa shape index (κ3) is 4.26. The molecule has 7 heteroatoms. The number of nitrogens with zero attached hydrogens (tertiary/aromatic N) is 1. The highest BCUT2D eigenvalue weighted by atomic mass is 35.5. The first-order valence-corrected chi connectivity index (χ1v) is 9.30. The summed E-state index contributed by atoms with van der Waals surface area (Å²) < 4.78 is 0. The zero-order valence-corrected chi connectivity index (χ0v) is 16.5. The highest BCUT2D eigenvalue weighted by Gasteiger charge is 2.36. The second-order valence-electron chi connectivity index (χ2n) is 7.12. The number of amides is 2. The number of nitrogens with two attached hydrogens (primary N) is 1. The molecule has 3 rings (SSSR count). The number of benzene rings is 1. The molecule has 0 aliphatic carbocycles. The molecule has 0 bridgehead atoms. The van der Waals surface area contributed by atoms with Gasteiger partial charge in [-0.2, -0.15) is 11.3 Å². The molecule has 140 valence electrons. The fourth-order valence-electron chi connectivity index (χ4n) is 3.08. The van der Waals surface area contributed by atoms with Crippen LogP contribution in [-0.2, 0) is 0 Å². The Kier molecular flexibility index (Phi) is 6.44. The van der Waals surface area contributed by atoms with E-state index in [-0.39, 0.29) is 35.7 Å². The summed E-state index contributed by atoms with van der Waals surface area (Å²) in [5, 5.41) is 6.50. The molecule has 0 saturated carbocycles. The molecule has 26 heavy (non-hydrogen) atoms. The van der Waals surface area contributed by atoms with Crippen molar-refractivity contribution < 1.29 is 9.59 Å². The van der Waals surface area contributed by atoms with Crippen LogP contribution in [0.15, 0.2) is 41.1 Å². The van der Waals surface area contributed by atoms with Gasteiger partial charge in [0.15, 0.2) is 0 Å². The van der Waals surface area contributed by atoms with Gasteiger partial charge in [-0.15, -0.1) is 12.4 Å². The fourth-order valence-corrected chi connectivity index (χ4v) is 3.72. The van der Waals surface area contributed by atoms with E-state index >= 15 is 0 Å². The number of halogens is 1. The van der Waals surface area contributed by atoms with E-state index in [1.54, 1.807) is 23.6 Å². The first kappa shape index (κ1) is 20.4. The molecule has 1 aromatic carbocycles. The van der Waals surface area contributed by atoms with Crippen molar-refractivity contribution in [3.63, 3.8) is 0 Å². The van der Waals surface area contributed by atoms with Gasteiger partial charge in [0.05, 0.1) is 16.8 Å². The van der Waals surface area contributed by atoms with Crippen molar-refractivity contribution in [1.82, 2.24) is 4.90 Å². The third-order valence-corrected chi connectivity index (χ3v) is 5.47. The number of nitrogens with one attached hydrogen (secondary N) is 1. The van der Waals surface area contributed by atoms with Crippen molar-refractivity contribution in [3.8, 4) is 0 Å². The van der Waals surface area contributed by atoms with Crippen LogP contribution in [0.2, 0.25) is 0 Å². The summed E-state index contributed by atoms with van der Waals surface area (Å²) in [5.74, 6) is -0.274. The number of piperidine rings is 1. The first-order chi connectivity index (χ1) is 11.9. The van der Waals surface area contributed by atoms with E-state index in [4.69, 9.17) is 5.73 Å². The molecule has 1 saturated heterocycles. The van der Waals surface area contributed by atoms with E-state index in [9.17, 15) is 9.59 Å². The van der Waals surface area contributed by atoms with Crippen molar-refractivity contribution in [1.29, 1.82) is 0 Å². The van der Waals surface area contributed by atoms with E-state index < -0.39 is 0 Å². The normalized spacial score (nSPS) is 18.7. The van der Waals surface area contributed by atoms with Crippen LogP contribution in [0.1, 0.15) is 41.0 Å². The second kappa shape index (κ2) is 8.20. The molecule has 1 aliphatic heterocycles. The van der Waals surface area contributed by atoms with Crippen molar-refractivity contribution >= 4 is 41.2 Å². The lowest BCUT2D eigenvalue weighted by Crippen LogP contribution is -2.54. The number of carbonyl (C=O) groups excluding carboxylic acids is 2. The Hall–Kier alpha value is -1.89. The molecule has 1 unspecified atom stereocenters. The maximum absolute atomic E-state index is 13.0. The first-order valence-electron chi connectivity index (χ1n) is 8.36. The monoisotopic (exact) mass is 393 g/mol. The Labute approximate surface area is 164 Å². The molecular formula is C19H24ClN3O2S. The molecular weight excluding hydrogens is 370 g/mol. The highest BCUT2D eigenvalue weighted by molar-refractivity contribution is 7.08. The van der Waals surface area contributed by atoms with Crippen molar-refractivity contribution in [2.24, 2.45) is 11.1 Å². The van der Waals surface area contributed by atoms with E-state index in [0.717, 1.165) is 6.42 Å². The molecule has 0 spiro atoms. The van der Waals surface area contributed by atoms with Crippen molar-refractivity contribution in [2.75, 3.05) is 18.4 Å². The Morgan fingerprint density at radius 2 is 2.00 bits per heavy atom. The molecule has 2 aromatic rings. The van der Waals surface area contributed by atoms with Crippen LogP contribution in [0.3, 0.4) is 0 Å². The quantitative estimate of drug-likeness (QED) is 0.836. The van der Waals surface area contributed by atoms with E-state index in [1.165, 1.54) is 11.3 Å². The minimum absolute atomic E-state index is 0. The Bertz CT molecular complexity index is 777. The standard InChI is InChI=1S/C19H23N3O2S.ClH/c1-19(2)12-22(9-7-16(19)20)18(24)14-5-3-4-6-15(14)21-17(23)13-8-10-25-11-13;/h3-6,8,10-11,16H,7,9,12,20H2,1-2H3,(H,21,23);1H. The largest absolute Gasteiger partial charge is 0.338 e. The predicted octanol–water partition coefficient (Wildman–Crippen LogP) is 3.62. The highest BCUT2D eigenvalue weighted by Crippen LogP contribution is 2.29. The number of carbonyl (C=O) groups is 2. The summed E-state index contributed by atoms with van der Waals surface area (Å²) in [5.41, 5.74) is 7.69. The van der Waals surface area contributed by atoms with Crippen LogP contribution in [0.4, 0.5) is 5.69 Å². The van der Waals surface area contributed by atoms with Gasteiger partial charge in [0.1, 0.15) is 0 Å². The van der Waals surface area contributed by atoms with Gasteiger partial charge in [-0.05, 0) is 35.4 Å². The molecule has 1 aromatic heterocycles. The van der Waals surface area contributed by atoms with Crippen molar-refractivity contribution in [3.05, 3.63) is 52.2 Å². The van der Waals surface area contributed by atoms with Gasteiger partial charge in [0, 0.05) is 24.5 Å². The maximum atomic E-state index is 13.0. The van der Waals surface area contributed by atoms with Crippen LogP contribution < -0.4 is 11.1 Å². The molecule has 1 aliphatic rings. The van der Waals surface area contributed by atoms with E-state index in [2.05, 4.69) is 19.2 Å². The Morgan fingerprint density at radius 1 is 1.27 bits per heavy atom. The summed E-state index contributed by atoms with van der Waals surface area (Å²) >= 11 is 1.46. The summed E-state index contributed by atoms with van der Waals surface area (Å²) in [6.07, 6.45) is 0.780. The average molecular weight is 394 g/mol. The van der Waals surface area contributed by atoms with Gasteiger partial charge in [-0.25, -0.2) is 0 Å². The van der Waals surface area contributed by atoms with Crippen LogP contribution in [0.5, 0.6) is 0 Å². The Balaban J connectivity index is 0.00000243. The lowest BCUT2D eigenvalue weighted by molar-refractivity contribution is 0.0534. The maximum Gasteiger partial charge on any atom is 0.256 e. The van der Waals surface area contributed by atoms with Gasteiger partial charge in [-0.1, -0.05) is 26.0 Å². The number of thiophene rings is 1. The van der Waals surface area contributed by atoms with E-state index in [0.29, 0.717) is 29.9 Å². The summed E-state index contributed by atoms with van der Waals surface area (Å²) in [6, 6.07) is 9.00. The van der Waals surface area contributed by atoms with Crippen LogP contribution >= 0.6 is 23.7 Å². The fraction of sp³-hybridized carbons (Fsp3) is 0.368. The number of para-hydroxylation sites is 1. The molecule has 5 nitrogen and oxygen atoms in total.